The van der Waals surface area contributed by atoms with E-state index in [1.807, 2.05) is 5.82 Å². The molecule has 6 atom stereocenters. The van der Waals surface area contributed by atoms with Crippen LogP contribution in [0.2, 0.25) is 16.5 Å². The van der Waals surface area contributed by atoms with E-state index in [0.717, 1.165) is 0 Å². The zero-order valence-corrected chi connectivity index (χ0v) is 17.6. The molecule has 2 aromatic rings. The average molecular weight is 486 g/mol. The third-order valence-electron chi connectivity index (χ3n) is 4.74. The van der Waals surface area contributed by atoms with Crippen LogP contribution in [0, 0.1) is 0 Å². The standard InChI is InChI=1S/C15H21N9O5Se/c1-30(3-2-6(16)14(27)28)4-7-9(25)10(26)13(29-7)24-12-8(11(17)19-5-20-12)21-15(24)22-23-18/h5-7,9-10,13,25-26H,2-4,16H2,1H3,(H2-,17,19,20,27,28)/t6-,7+,9+,10+,13+,30?/m0/s1. The number of carboxylic acid groups (broad SMARTS) is 1. The number of carboxylic acids is 1. The van der Waals surface area contributed by atoms with Crippen molar-refractivity contribution in [1.29, 1.82) is 0 Å². The van der Waals surface area contributed by atoms with Crippen molar-refractivity contribution in [2.24, 2.45) is 10.8 Å². The van der Waals surface area contributed by atoms with Crippen LogP contribution in [-0.4, -0.2) is 74.0 Å². The number of aromatic nitrogens is 4. The van der Waals surface area contributed by atoms with E-state index in [4.69, 9.17) is 21.7 Å². The van der Waals surface area contributed by atoms with Crippen LogP contribution in [0.25, 0.3) is 21.6 Å². The molecule has 3 heterocycles. The summed E-state index contributed by atoms with van der Waals surface area (Å²) < 4.78 is 7.18. The maximum atomic E-state index is 10.8. The summed E-state index contributed by atoms with van der Waals surface area (Å²) in [5.41, 5.74) is 20.5. The van der Waals surface area contributed by atoms with E-state index in [-0.39, 0.29) is 29.4 Å². The monoisotopic (exact) mass is 487 g/mol. The van der Waals surface area contributed by atoms with Crippen LogP contribution in [0.4, 0.5) is 11.8 Å². The number of nitrogens with zero attached hydrogens (tertiary/aromatic N) is 7. The molecule has 0 saturated carbocycles. The number of nitrogen functional groups attached to an aromatic ring is 1. The zero-order valence-electron chi connectivity index (χ0n) is 15.9. The molecule has 0 aliphatic carbocycles. The number of azide groups is 1. The molecular weight excluding hydrogens is 465 g/mol. The number of rotatable bonds is 8. The second-order valence-corrected chi connectivity index (χ2v) is 11.7. The number of anilines is 1. The molecular formula is C15H21N9O5Se. The Hall–Kier alpha value is -2.51. The van der Waals surface area contributed by atoms with E-state index >= 15 is 0 Å². The van der Waals surface area contributed by atoms with E-state index in [1.165, 1.54) is 10.9 Å². The number of aliphatic carboxylic acids is 1. The van der Waals surface area contributed by atoms with Crippen molar-refractivity contribution in [2.75, 3.05) is 5.73 Å². The van der Waals surface area contributed by atoms with Crippen molar-refractivity contribution < 1.29 is 24.9 Å². The van der Waals surface area contributed by atoms with Gasteiger partial charge in [0.15, 0.2) is 0 Å². The molecule has 3 rings (SSSR count). The van der Waals surface area contributed by atoms with Crippen LogP contribution in [0.15, 0.2) is 11.4 Å². The fourth-order valence-electron chi connectivity index (χ4n) is 3.15. The SMILES string of the molecule is C[Se+](CC[C@H](N)C(=O)[O-])C[C@H]1O[C@@H](n2c(N=[N+]=[N-])nc3c(N)ncnc32)[C@H](O)[C@@H]1O. The number of nitrogens with two attached hydrogens (primary N) is 2. The Morgan fingerprint density at radius 2 is 2.23 bits per heavy atom. The maximum absolute atomic E-state index is 10.8. The van der Waals surface area contributed by atoms with Gasteiger partial charge in [0, 0.05) is 0 Å². The number of hydrogen-bond donors (Lipinski definition) is 4. The van der Waals surface area contributed by atoms with Crippen LogP contribution in [0.5, 0.6) is 0 Å². The molecule has 1 saturated heterocycles. The summed E-state index contributed by atoms with van der Waals surface area (Å²) in [6.45, 7) is 0. The van der Waals surface area contributed by atoms with Gasteiger partial charge in [-0.3, -0.25) is 0 Å². The van der Waals surface area contributed by atoms with Gasteiger partial charge in [-0.05, 0) is 0 Å². The van der Waals surface area contributed by atoms with Gasteiger partial charge >= 0.3 is 174 Å². The van der Waals surface area contributed by atoms with Crippen molar-refractivity contribution in [1.82, 2.24) is 19.5 Å². The van der Waals surface area contributed by atoms with E-state index in [0.29, 0.717) is 10.6 Å². The summed E-state index contributed by atoms with van der Waals surface area (Å²) in [6, 6.07) is -1.04. The van der Waals surface area contributed by atoms with E-state index < -0.39 is 50.5 Å². The first-order valence-corrected chi connectivity index (χ1v) is 13.0. The summed E-state index contributed by atoms with van der Waals surface area (Å²) in [7, 11) is 0. The molecule has 0 aromatic carbocycles. The molecule has 1 unspecified atom stereocenters. The van der Waals surface area contributed by atoms with Gasteiger partial charge in [-0.25, -0.2) is 0 Å². The van der Waals surface area contributed by atoms with Gasteiger partial charge in [0.1, 0.15) is 0 Å². The number of aliphatic hydroxyl groups is 2. The van der Waals surface area contributed by atoms with Gasteiger partial charge in [0.2, 0.25) is 0 Å². The van der Waals surface area contributed by atoms with Gasteiger partial charge in [-0.2, -0.15) is 0 Å². The van der Waals surface area contributed by atoms with Crippen molar-refractivity contribution in [2.45, 2.75) is 53.5 Å². The molecule has 0 bridgehead atoms. The Labute approximate surface area is 174 Å². The number of aliphatic hydroxyl groups excluding tert-OH is 2. The molecule has 2 aromatic heterocycles. The van der Waals surface area contributed by atoms with Gasteiger partial charge in [-0.1, -0.05) is 0 Å². The van der Waals surface area contributed by atoms with Crippen LogP contribution < -0.4 is 16.6 Å². The van der Waals surface area contributed by atoms with Gasteiger partial charge in [-0.15, -0.1) is 0 Å². The summed E-state index contributed by atoms with van der Waals surface area (Å²) in [6.07, 6.45) is -2.93. The number of ether oxygens (including phenoxy) is 1. The van der Waals surface area contributed by atoms with Crippen molar-refractivity contribution >= 4 is 42.8 Å². The summed E-state index contributed by atoms with van der Waals surface area (Å²) in [5.74, 6) is 0.590. The summed E-state index contributed by atoms with van der Waals surface area (Å²) in [4.78, 5) is 25.5. The molecule has 162 valence electrons. The molecule has 14 nitrogen and oxygen atoms in total. The minimum absolute atomic E-state index is 0.0577. The first kappa shape index (κ1) is 22.2. The normalized spacial score (nSPS) is 25.7. The third-order valence-corrected chi connectivity index (χ3v) is 8.58. The fraction of sp³-hybridized carbons (Fsp3) is 0.600. The van der Waals surface area contributed by atoms with Gasteiger partial charge in [0.05, 0.1) is 0 Å². The molecule has 15 heteroatoms. The van der Waals surface area contributed by atoms with Crippen molar-refractivity contribution in [3.8, 4) is 0 Å². The summed E-state index contributed by atoms with van der Waals surface area (Å²) >= 11 is -1.38. The number of hydrogen-bond acceptors (Lipinski definition) is 11. The first-order valence-electron chi connectivity index (χ1n) is 8.85. The van der Waals surface area contributed by atoms with E-state index in [2.05, 4.69) is 25.0 Å². The second kappa shape index (κ2) is 9.10. The minimum atomic E-state index is -1.38. The molecule has 0 amide bonds. The Morgan fingerprint density at radius 3 is 2.90 bits per heavy atom. The van der Waals surface area contributed by atoms with Crippen molar-refractivity contribution in [3.63, 3.8) is 0 Å². The predicted octanol–water partition coefficient (Wildman–Crippen LogP) is -1.44. The van der Waals surface area contributed by atoms with E-state index in [9.17, 15) is 20.1 Å². The van der Waals surface area contributed by atoms with Crippen LogP contribution in [0.1, 0.15) is 12.6 Å². The molecule has 6 N–H and O–H groups in total. The Morgan fingerprint density at radius 1 is 1.50 bits per heavy atom. The molecule has 1 aliphatic rings. The van der Waals surface area contributed by atoms with Gasteiger partial charge in [0.25, 0.3) is 0 Å². The van der Waals surface area contributed by atoms with Gasteiger partial charge < -0.3 is 0 Å². The van der Waals surface area contributed by atoms with Crippen LogP contribution in [-0.2, 0) is 9.53 Å². The summed E-state index contributed by atoms with van der Waals surface area (Å²) in [5, 5.41) is 36.4. The van der Waals surface area contributed by atoms with Crippen LogP contribution >= 0.6 is 0 Å². The van der Waals surface area contributed by atoms with Crippen LogP contribution in [0.3, 0.4) is 0 Å². The third kappa shape index (κ3) is 4.32. The molecule has 30 heavy (non-hydrogen) atoms. The average Bonchev–Trinajstić information content (AvgIpc) is 3.19. The second-order valence-electron chi connectivity index (χ2n) is 6.82. The number of carbonyl (C=O) groups is 1. The molecule has 1 aliphatic heterocycles. The number of imidazole rings is 1. The van der Waals surface area contributed by atoms with E-state index in [1.54, 1.807) is 0 Å². The quantitative estimate of drug-likeness (QED) is 0.147. The molecule has 0 radical (unpaired) electrons. The number of fused-ring (bicyclic) bond motifs is 1. The Bertz CT molecular complexity index is 981. The molecule has 1 fully saturated rings. The topological polar surface area (TPSA) is 234 Å². The first-order chi connectivity index (χ1) is 14.2. The molecule has 0 spiro atoms. The van der Waals surface area contributed by atoms with Crippen molar-refractivity contribution in [3.05, 3.63) is 16.8 Å². The Kier molecular flexibility index (Phi) is 6.73. The Balaban J connectivity index is 1.82. The zero-order chi connectivity index (χ0) is 22.0. The predicted molar refractivity (Wildman–Crippen MR) is 103 cm³/mol. The number of carbonyl (C=O) groups excluding carboxylic acids is 1. The fourth-order valence-corrected chi connectivity index (χ4v) is 6.63.